The molecule has 0 aromatic heterocycles. The van der Waals surface area contributed by atoms with Crippen LogP contribution >= 0.6 is 0 Å². The first kappa shape index (κ1) is 22.3. The minimum absolute atomic E-state index is 0.0952. The van der Waals surface area contributed by atoms with Gasteiger partial charge in [-0.2, -0.15) is 0 Å². The maximum absolute atomic E-state index is 11.6. The van der Waals surface area contributed by atoms with E-state index in [1.807, 2.05) is 0 Å². The molecule has 0 rings (SSSR count). The van der Waals surface area contributed by atoms with Gasteiger partial charge in [0, 0.05) is 6.42 Å². The summed E-state index contributed by atoms with van der Waals surface area (Å²) < 4.78 is 0. The van der Waals surface area contributed by atoms with Crippen LogP contribution in [0.1, 0.15) is 26.7 Å². The second-order valence-corrected chi connectivity index (χ2v) is 5.73. The average Bonchev–Trinajstić information content (AvgIpc) is 2.52. The van der Waals surface area contributed by atoms with Crippen LogP contribution in [0.15, 0.2) is 0 Å². The van der Waals surface area contributed by atoms with Gasteiger partial charge in [0.25, 0.3) is 0 Å². The normalized spacial score (nSPS) is 12.8. The lowest BCUT2D eigenvalue weighted by atomic mass is 10.1. The molecule has 0 bridgehead atoms. The highest BCUT2D eigenvalue weighted by atomic mass is 16.4. The van der Waals surface area contributed by atoms with E-state index in [4.69, 9.17) is 16.6 Å². The second-order valence-electron chi connectivity index (χ2n) is 5.73. The molecule has 0 aromatic carbocycles. The molecule has 0 spiro atoms. The molecule has 0 aliphatic rings. The molecule has 142 valence electrons. The lowest BCUT2D eigenvalue weighted by molar-refractivity contribution is -0.142. The smallest absolute Gasteiger partial charge is 0.326 e. The summed E-state index contributed by atoms with van der Waals surface area (Å²) in [5.74, 6) is -3.99. The van der Waals surface area contributed by atoms with Crippen molar-refractivity contribution in [1.29, 1.82) is 0 Å². The fourth-order valence-corrected chi connectivity index (χ4v) is 1.62. The number of carbonyl (C=O) groups is 5. The largest absolute Gasteiger partial charge is 0.480 e. The van der Waals surface area contributed by atoms with Gasteiger partial charge in [0.2, 0.25) is 23.6 Å². The van der Waals surface area contributed by atoms with E-state index in [2.05, 4.69) is 16.0 Å². The van der Waals surface area contributed by atoms with Crippen molar-refractivity contribution < 1.29 is 29.1 Å². The predicted octanol–water partition coefficient (Wildman–Crippen LogP) is -2.96. The predicted molar refractivity (Wildman–Crippen MR) is 86.8 cm³/mol. The molecule has 8 N–H and O–H groups in total. The zero-order valence-electron chi connectivity index (χ0n) is 14.2. The van der Waals surface area contributed by atoms with E-state index in [0.29, 0.717) is 0 Å². The van der Waals surface area contributed by atoms with Gasteiger partial charge in [-0.05, 0) is 12.3 Å². The molecule has 0 saturated heterocycles. The van der Waals surface area contributed by atoms with E-state index in [1.165, 1.54) is 0 Å². The van der Waals surface area contributed by atoms with Crippen molar-refractivity contribution in [3.05, 3.63) is 0 Å². The van der Waals surface area contributed by atoms with Crippen LogP contribution in [0.3, 0.4) is 0 Å². The molecule has 4 amide bonds. The van der Waals surface area contributed by atoms with Gasteiger partial charge in [-0.3, -0.25) is 19.2 Å². The quantitative estimate of drug-likeness (QED) is 0.227. The number of carbonyl (C=O) groups excluding carboxylic acids is 4. The lowest BCUT2D eigenvalue weighted by Crippen LogP contribution is -2.49. The number of carboxylic acids is 1. The Morgan fingerprint density at radius 1 is 1.00 bits per heavy atom. The van der Waals surface area contributed by atoms with Crippen LogP contribution in [-0.2, 0) is 24.0 Å². The maximum atomic E-state index is 11.6. The van der Waals surface area contributed by atoms with Crippen molar-refractivity contribution in [2.75, 3.05) is 13.1 Å². The Kier molecular flexibility index (Phi) is 9.79. The zero-order chi connectivity index (χ0) is 19.6. The summed E-state index contributed by atoms with van der Waals surface area (Å²) in [6.07, 6.45) is -0.362. The Morgan fingerprint density at radius 2 is 1.56 bits per heavy atom. The van der Waals surface area contributed by atoms with Gasteiger partial charge < -0.3 is 32.5 Å². The van der Waals surface area contributed by atoms with Crippen LogP contribution in [0.4, 0.5) is 0 Å². The molecule has 0 aromatic rings. The molecule has 11 heteroatoms. The summed E-state index contributed by atoms with van der Waals surface area (Å²) in [6.45, 7) is 2.67. The van der Waals surface area contributed by atoms with Gasteiger partial charge >= 0.3 is 5.97 Å². The van der Waals surface area contributed by atoms with E-state index < -0.39 is 48.2 Å². The van der Waals surface area contributed by atoms with E-state index in [0.717, 1.165) is 0 Å². The summed E-state index contributed by atoms with van der Waals surface area (Å²) in [5.41, 5.74) is 10.5. The molecule has 0 aliphatic carbocycles. The summed E-state index contributed by atoms with van der Waals surface area (Å²) >= 11 is 0. The van der Waals surface area contributed by atoms with Gasteiger partial charge in [0.1, 0.15) is 6.04 Å². The van der Waals surface area contributed by atoms with Crippen LogP contribution in [0.25, 0.3) is 0 Å². The molecule has 2 atom stereocenters. The summed E-state index contributed by atoms with van der Waals surface area (Å²) in [6, 6.07) is -2.04. The SMILES string of the molecule is CC(C)C(N)C(=O)NCC(=O)NCC(=O)NC(CCC(N)=O)C(=O)O. The Bertz CT molecular complexity index is 522. The Morgan fingerprint density at radius 3 is 2.04 bits per heavy atom. The number of hydrogen-bond donors (Lipinski definition) is 6. The zero-order valence-corrected chi connectivity index (χ0v) is 14.2. The number of carboxylic acid groups (broad SMARTS) is 1. The summed E-state index contributed by atoms with van der Waals surface area (Å²) in [7, 11) is 0. The first-order valence-corrected chi connectivity index (χ1v) is 7.65. The minimum atomic E-state index is -1.32. The van der Waals surface area contributed by atoms with Gasteiger partial charge in [-0.1, -0.05) is 13.8 Å². The fourth-order valence-electron chi connectivity index (χ4n) is 1.62. The molecule has 0 fully saturated rings. The number of nitrogens with one attached hydrogen (secondary N) is 3. The van der Waals surface area contributed by atoms with E-state index in [-0.39, 0.29) is 25.3 Å². The Hall–Kier alpha value is -2.69. The third kappa shape index (κ3) is 9.91. The number of aliphatic carboxylic acids is 1. The molecule has 0 heterocycles. The molecule has 25 heavy (non-hydrogen) atoms. The standard InChI is InChI=1S/C14H25N5O6/c1-7(2)12(16)13(23)18-5-10(21)17-6-11(22)19-8(14(24)25)3-4-9(15)20/h7-8,12H,3-6,16H2,1-2H3,(H2,15,20)(H,17,21)(H,18,23)(H,19,22)(H,24,25). The van der Waals surface area contributed by atoms with Gasteiger partial charge in [-0.25, -0.2) is 4.79 Å². The first-order chi connectivity index (χ1) is 11.5. The first-order valence-electron chi connectivity index (χ1n) is 7.65. The summed E-state index contributed by atoms with van der Waals surface area (Å²) in [5, 5.41) is 15.6. The van der Waals surface area contributed by atoms with Crippen LogP contribution in [0, 0.1) is 5.92 Å². The van der Waals surface area contributed by atoms with Crippen molar-refractivity contribution in [3.63, 3.8) is 0 Å². The van der Waals surface area contributed by atoms with Crippen molar-refractivity contribution >= 4 is 29.6 Å². The molecule has 11 nitrogen and oxygen atoms in total. The number of primary amides is 1. The highest BCUT2D eigenvalue weighted by molar-refractivity contribution is 5.90. The van der Waals surface area contributed by atoms with Crippen molar-refractivity contribution in [2.24, 2.45) is 17.4 Å². The maximum Gasteiger partial charge on any atom is 0.326 e. The van der Waals surface area contributed by atoms with Crippen LogP contribution in [-0.4, -0.2) is 59.9 Å². The number of rotatable bonds is 11. The Labute approximate surface area is 144 Å². The molecule has 0 aliphatic heterocycles. The van der Waals surface area contributed by atoms with Crippen LogP contribution in [0.5, 0.6) is 0 Å². The van der Waals surface area contributed by atoms with E-state index in [9.17, 15) is 24.0 Å². The van der Waals surface area contributed by atoms with E-state index in [1.54, 1.807) is 13.8 Å². The highest BCUT2D eigenvalue weighted by Crippen LogP contribution is 1.98. The van der Waals surface area contributed by atoms with Crippen molar-refractivity contribution in [1.82, 2.24) is 16.0 Å². The monoisotopic (exact) mass is 359 g/mol. The van der Waals surface area contributed by atoms with Gasteiger partial charge in [0.05, 0.1) is 19.1 Å². The molecular weight excluding hydrogens is 334 g/mol. The third-order valence-electron chi connectivity index (χ3n) is 3.20. The number of nitrogens with two attached hydrogens (primary N) is 2. The lowest BCUT2D eigenvalue weighted by Gasteiger charge is -2.16. The average molecular weight is 359 g/mol. The highest BCUT2D eigenvalue weighted by Gasteiger charge is 2.21. The summed E-state index contributed by atoms with van der Waals surface area (Å²) in [4.78, 5) is 56.4. The van der Waals surface area contributed by atoms with Gasteiger partial charge in [-0.15, -0.1) is 0 Å². The second kappa shape index (κ2) is 11.0. The number of amides is 4. The molecule has 0 radical (unpaired) electrons. The van der Waals surface area contributed by atoms with Crippen LogP contribution in [0.2, 0.25) is 0 Å². The number of hydrogen-bond acceptors (Lipinski definition) is 6. The third-order valence-corrected chi connectivity index (χ3v) is 3.20. The Balaban J connectivity index is 4.22. The fraction of sp³-hybridized carbons (Fsp3) is 0.643. The van der Waals surface area contributed by atoms with Crippen LogP contribution < -0.4 is 27.4 Å². The molecular formula is C14H25N5O6. The minimum Gasteiger partial charge on any atom is -0.480 e. The molecule has 2 unspecified atom stereocenters. The van der Waals surface area contributed by atoms with E-state index >= 15 is 0 Å². The van der Waals surface area contributed by atoms with Crippen molar-refractivity contribution in [3.8, 4) is 0 Å². The van der Waals surface area contributed by atoms with Gasteiger partial charge in [0.15, 0.2) is 0 Å². The van der Waals surface area contributed by atoms with Crippen molar-refractivity contribution in [2.45, 2.75) is 38.8 Å². The molecule has 0 saturated carbocycles. The topological polar surface area (TPSA) is 194 Å².